The molecule has 1 atom stereocenters. The van der Waals surface area contributed by atoms with E-state index in [0.717, 1.165) is 0 Å². The molecule has 18 heavy (non-hydrogen) atoms. The first kappa shape index (κ1) is 13.6. The number of halogens is 2. The van der Waals surface area contributed by atoms with Crippen molar-refractivity contribution < 1.29 is 14.3 Å². The van der Waals surface area contributed by atoms with Gasteiger partial charge in [0.25, 0.3) is 0 Å². The van der Waals surface area contributed by atoms with E-state index in [2.05, 4.69) is 10.1 Å². The lowest BCUT2D eigenvalue weighted by Gasteiger charge is -2.12. The molecule has 0 aromatic carbocycles. The molecule has 1 fully saturated rings. The first-order valence-electron chi connectivity index (χ1n) is 5.17. The number of nitrogens with one attached hydrogen (secondary N) is 1. The zero-order valence-corrected chi connectivity index (χ0v) is 12.1. The predicted octanol–water partition coefficient (Wildman–Crippen LogP) is 3.06. The minimum absolute atomic E-state index is 0.295. The highest BCUT2D eigenvalue weighted by Gasteiger charge is 2.67. The molecule has 1 unspecified atom stereocenters. The van der Waals surface area contributed by atoms with Gasteiger partial charge in [-0.2, -0.15) is 0 Å². The standard InChI is InChI=1S/C11H11Cl2NO3S/c1-10(5-11(10,12)13)9(16)14-6-3-4-18-7(6)8(15)17-2/h3-4H,5H2,1-2H3,(H,14,16). The Morgan fingerprint density at radius 1 is 1.50 bits per heavy atom. The van der Waals surface area contributed by atoms with E-state index in [4.69, 9.17) is 23.2 Å². The fourth-order valence-electron chi connectivity index (χ4n) is 1.56. The molecule has 0 bridgehead atoms. The summed E-state index contributed by atoms with van der Waals surface area (Å²) in [5, 5.41) is 4.37. The Kier molecular flexibility index (Phi) is 3.34. The van der Waals surface area contributed by atoms with Gasteiger partial charge in [-0.25, -0.2) is 4.79 Å². The normalized spacial score (nSPS) is 24.4. The lowest BCUT2D eigenvalue weighted by atomic mass is 10.1. The van der Waals surface area contributed by atoms with Crippen molar-refractivity contribution in [3.63, 3.8) is 0 Å². The number of hydrogen-bond acceptors (Lipinski definition) is 4. The van der Waals surface area contributed by atoms with Crippen LogP contribution < -0.4 is 5.32 Å². The predicted molar refractivity (Wildman–Crippen MR) is 71.4 cm³/mol. The maximum atomic E-state index is 12.0. The maximum absolute atomic E-state index is 12.0. The van der Waals surface area contributed by atoms with Crippen LogP contribution in [0.25, 0.3) is 0 Å². The van der Waals surface area contributed by atoms with Gasteiger partial charge in [-0.3, -0.25) is 4.79 Å². The molecule has 1 amide bonds. The first-order chi connectivity index (χ1) is 8.32. The highest BCUT2D eigenvalue weighted by molar-refractivity contribution is 7.12. The minimum Gasteiger partial charge on any atom is -0.465 e. The number of alkyl halides is 2. The van der Waals surface area contributed by atoms with Crippen LogP contribution in [0.1, 0.15) is 23.0 Å². The molecule has 1 aromatic heterocycles. The van der Waals surface area contributed by atoms with Crippen LogP contribution in [0.4, 0.5) is 5.69 Å². The second-order valence-corrected chi connectivity index (χ2v) is 6.72. The third kappa shape index (κ3) is 2.11. The topological polar surface area (TPSA) is 55.4 Å². The van der Waals surface area contributed by atoms with E-state index < -0.39 is 15.7 Å². The van der Waals surface area contributed by atoms with Gasteiger partial charge in [0.1, 0.15) is 9.21 Å². The largest absolute Gasteiger partial charge is 0.465 e. The average molecular weight is 308 g/mol. The Morgan fingerprint density at radius 3 is 2.61 bits per heavy atom. The number of ether oxygens (including phenoxy) is 1. The van der Waals surface area contributed by atoms with E-state index >= 15 is 0 Å². The zero-order valence-electron chi connectivity index (χ0n) is 9.75. The van der Waals surface area contributed by atoms with E-state index in [9.17, 15) is 9.59 Å². The second kappa shape index (κ2) is 4.40. The summed E-state index contributed by atoms with van der Waals surface area (Å²) in [5.41, 5.74) is -0.389. The molecular weight excluding hydrogens is 297 g/mol. The van der Waals surface area contributed by atoms with Crippen molar-refractivity contribution in [3.8, 4) is 0 Å². The highest BCUT2D eigenvalue weighted by atomic mass is 35.5. The molecule has 0 radical (unpaired) electrons. The number of rotatable bonds is 3. The van der Waals surface area contributed by atoms with Gasteiger partial charge in [-0.05, 0) is 24.8 Å². The third-order valence-corrected chi connectivity index (χ3v) is 5.04. The lowest BCUT2D eigenvalue weighted by molar-refractivity contribution is -0.120. The monoisotopic (exact) mass is 307 g/mol. The Hall–Kier alpha value is -0.780. The number of hydrogen-bond donors (Lipinski definition) is 1. The van der Waals surface area contributed by atoms with Crippen molar-refractivity contribution in [1.29, 1.82) is 0 Å². The number of amides is 1. The second-order valence-electron chi connectivity index (χ2n) is 4.32. The van der Waals surface area contributed by atoms with E-state index in [1.54, 1.807) is 18.4 Å². The van der Waals surface area contributed by atoms with Gasteiger partial charge in [-0.1, -0.05) is 0 Å². The summed E-state index contributed by atoms with van der Waals surface area (Å²) in [4.78, 5) is 23.9. The molecule has 98 valence electrons. The van der Waals surface area contributed by atoms with E-state index in [1.807, 2.05) is 0 Å². The van der Waals surface area contributed by atoms with Crippen LogP contribution in [0.5, 0.6) is 0 Å². The van der Waals surface area contributed by atoms with Gasteiger partial charge in [0.2, 0.25) is 5.91 Å². The van der Waals surface area contributed by atoms with Gasteiger partial charge in [0, 0.05) is 0 Å². The Morgan fingerprint density at radius 2 is 2.11 bits per heavy atom. The van der Waals surface area contributed by atoms with Crippen molar-refractivity contribution in [2.24, 2.45) is 5.41 Å². The molecule has 1 saturated carbocycles. The SMILES string of the molecule is COC(=O)c1sccc1NC(=O)C1(C)CC1(Cl)Cl. The molecule has 1 aliphatic carbocycles. The van der Waals surface area contributed by atoms with Crippen LogP contribution in [0.2, 0.25) is 0 Å². The first-order valence-corrected chi connectivity index (χ1v) is 6.80. The molecule has 1 N–H and O–H groups in total. The molecule has 0 aliphatic heterocycles. The van der Waals surface area contributed by atoms with E-state index in [-0.39, 0.29) is 5.91 Å². The molecular formula is C11H11Cl2NO3S. The molecule has 1 heterocycles. The van der Waals surface area contributed by atoms with E-state index in [0.29, 0.717) is 17.0 Å². The fourth-order valence-corrected chi connectivity index (χ4v) is 3.04. The van der Waals surface area contributed by atoms with Crippen molar-refractivity contribution in [2.45, 2.75) is 17.7 Å². The summed E-state index contributed by atoms with van der Waals surface area (Å²) in [5.74, 6) is -0.777. The van der Waals surface area contributed by atoms with Crippen LogP contribution in [-0.4, -0.2) is 23.3 Å². The highest BCUT2D eigenvalue weighted by Crippen LogP contribution is 2.64. The number of carbonyl (C=O) groups is 2. The van der Waals surface area contributed by atoms with Gasteiger partial charge >= 0.3 is 5.97 Å². The Bertz CT molecular complexity index is 514. The summed E-state index contributed by atoms with van der Waals surface area (Å²) < 4.78 is 3.60. The molecule has 0 spiro atoms. The summed E-state index contributed by atoms with van der Waals surface area (Å²) in [7, 11) is 1.29. The van der Waals surface area contributed by atoms with Gasteiger partial charge in [0.15, 0.2) is 0 Å². The summed E-state index contributed by atoms with van der Waals surface area (Å²) >= 11 is 13.1. The number of esters is 1. The molecule has 0 saturated heterocycles. The van der Waals surface area contributed by atoms with E-state index in [1.165, 1.54) is 18.4 Å². The number of carbonyl (C=O) groups excluding carboxylic acids is 2. The molecule has 1 aliphatic rings. The van der Waals surface area contributed by atoms with Crippen LogP contribution in [-0.2, 0) is 9.53 Å². The summed E-state index contributed by atoms with van der Waals surface area (Å²) in [6, 6.07) is 1.64. The van der Waals surface area contributed by atoms with Gasteiger partial charge in [0.05, 0.1) is 18.2 Å². The summed E-state index contributed by atoms with van der Waals surface area (Å²) in [6.07, 6.45) is 0.395. The number of thiophene rings is 1. The smallest absolute Gasteiger partial charge is 0.350 e. The third-order valence-electron chi connectivity index (χ3n) is 3.04. The summed E-state index contributed by atoms with van der Waals surface area (Å²) in [6.45, 7) is 1.69. The van der Waals surface area contributed by atoms with Crippen LogP contribution in [0.3, 0.4) is 0 Å². The molecule has 4 nitrogen and oxygen atoms in total. The van der Waals surface area contributed by atoms with Crippen molar-refractivity contribution in [3.05, 3.63) is 16.3 Å². The number of methoxy groups -OCH3 is 1. The van der Waals surface area contributed by atoms with Crippen molar-refractivity contribution >= 4 is 52.1 Å². The average Bonchev–Trinajstić information content (AvgIpc) is 2.66. The molecule has 7 heteroatoms. The fraction of sp³-hybridized carbons (Fsp3) is 0.455. The minimum atomic E-state index is -1.03. The van der Waals surface area contributed by atoms with Crippen LogP contribution >= 0.6 is 34.5 Å². The quantitative estimate of drug-likeness (QED) is 0.690. The maximum Gasteiger partial charge on any atom is 0.350 e. The van der Waals surface area contributed by atoms with Crippen LogP contribution in [0, 0.1) is 5.41 Å². The van der Waals surface area contributed by atoms with Gasteiger partial charge < -0.3 is 10.1 Å². The van der Waals surface area contributed by atoms with Gasteiger partial charge in [-0.15, -0.1) is 34.5 Å². The van der Waals surface area contributed by atoms with Crippen molar-refractivity contribution in [1.82, 2.24) is 0 Å². The Labute approximate surface area is 118 Å². The number of anilines is 1. The molecule has 2 rings (SSSR count). The van der Waals surface area contributed by atoms with Crippen molar-refractivity contribution in [2.75, 3.05) is 12.4 Å². The zero-order chi connectivity index (χ0) is 13.6. The lowest BCUT2D eigenvalue weighted by Crippen LogP contribution is -2.26. The Balaban J connectivity index is 2.14. The van der Waals surface area contributed by atoms with Crippen LogP contribution in [0.15, 0.2) is 11.4 Å². The molecule has 1 aromatic rings.